The number of hydrogen-bond donors (Lipinski definition) is 2. The van der Waals surface area contributed by atoms with Gasteiger partial charge in [-0.1, -0.05) is 36.8 Å². The number of nitrogens with zero attached hydrogens (tertiary/aromatic N) is 1. The molecule has 2 heterocycles. The fourth-order valence-electron chi connectivity index (χ4n) is 6.77. The zero-order valence-corrected chi connectivity index (χ0v) is 19.4. The zero-order valence-electron chi connectivity index (χ0n) is 17.7. The van der Waals surface area contributed by atoms with E-state index in [9.17, 15) is 4.79 Å². The van der Waals surface area contributed by atoms with Gasteiger partial charge in [-0.2, -0.15) is 0 Å². The Morgan fingerprint density at radius 1 is 0.933 bits per heavy atom. The molecule has 1 amide bonds. The first-order valence-corrected chi connectivity index (χ1v) is 11.5. The lowest BCUT2D eigenvalue weighted by Crippen LogP contribution is -2.53. The maximum Gasteiger partial charge on any atom is 0.223 e. The molecule has 3 N–H and O–H groups in total. The summed E-state index contributed by atoms with van der Waals surface area (Å²) in [7, 11) is 0. The number of nitrogens with two attached hydrogens (primary N) is 1. The Hall–Kier alpha value is -0.810. The third kappa shape index (κ3) is 4.82. The van der Waals surface area contributed by atoms with Gasteiger partial charge in [-0.05, 0) is 68.8 Å². The number of rotatable bonds is 4. The third-order valence-corrected chi connectivity index (χ3v) is 8.22. The number of hydrogen-bond acceptors (Lipinski definition) is 3. The van der Waals surface area contributed by atoms with Crippen molar-refractivity contribution in [1.82, 2.24) is 10.2 Å². The van der Waals surface area contributed by atoms with Gasteiger partial charge in [0.15, 0.2) is 0 Å². The number of carbonyl (C=O) groups is 1. The molecule has 168 valence electrons. The number of benzene rings is 1. The van der Waals surface area contributed by atoms with Gasteiger partial charge in [-0.15, -0.1) is 24.8 Å². The van der Waals surface area contributed by atoms with Crippen LogP contribution < -0.4 is 11.1 Å². The Morgan fingerprint density at radius 2 is 1.53 bits per heavy atom. The van der Waals surface area contributed by atoms with Gasteiger partial charge in [0.1, 0.15) is 0 Å². The lowest BCUT2D eigenvalue weighted by atomic mass is 9.65. The van der Waals surface area contributed by atoms with Gasteiger partial charge in [0.2, 0.25) is 5.91 Å². The van der Waals surface area contributed by atoms with Crippen LogP contribution in [0.5, 0.6) is 0 Å². The average Bonchev–Trinajstić information content (AvgIpc) is 2.91. The minimum atomic E-state index is 0. The molecule has 4 nitrogen and oxygen atoms in total. The standard InChI is InChI=1S/C24H35N3O.2ClH/c25-23-17-7-4-8-18(23)12-19(11-17)24(28)26-20-13-21-9-10-22(14-20)27(21)15-16-5-2-1-3-6-16;;/h1-3,5-6,17-23H,4,7-15,25H2,(H,26,28);2*1H. The van der Waals surface area contributed by atoms with Gasteiger partial charge in [-0.25, -0.2) is 0 Å². The maximum absolute atomic E-state index is 13.0. The summed E-state index contributed by atoms with van der Waals surface area (Å²) in [6.07, 6.45) is 10.6. The Kier molecular flexibility index (Phi) is 8.11. The van der Waals surface area contributed by atoms with Gasteiger partial charge < -0.3 is 11.1 Å². The molecular weight excluding hydrogens is 417 g/mol. The first-order valence-electron chi connectivity index (χ1n) is 11.5. The molecule has 1 aromatic rings. The van der Waals surface area contributed by atoms with Crippen molar-refractivity contribution in [3.05, 3.63) is 35.9 Å². The van der Waals surface area contributed by atoms with E-state index in [0.717, 1.165) is 32.2 Å². The molecule has 2 aliphatic heterocycles. The molecule has 0 radical (unpaired) electrons. The van der Waals surface area contributed by atoms with Gasteiger partial charge in [-0.3, -0.25) is 9.69 Å². The summed E-state index contributed by atoms with van der Waals surface area (Å²) in [5.41, 5.74) is 7.83. The second-order valence-corrected chi connectivity index (χ2v) is 9.92. The minimum absolute atomic E-state index is 0. The van der Waals surface area contributed by atoms with E-state index in [4.69, 9.17) is 5.73 Å². The minimum Gasteiger partial charge on any atom is -0.353 e. The van der Waals surface area contributed by atoms with Gasteiger partial charge in [0.25, 0.3) is 0 Å². The summed E-state index contributed by atoms with van der Waals surface area (Å²) in [6.45, 7) is 1.06. The normalized spacial score (nSPS) is 37.6. The van der Waals surface area contributed by atoms with Crippen LogP contribution in [0.1, 0.15) is 63.4 Å². The highest BCUT2D eigenvalue weighted by atomic mass is 35.5. The largest absolute Gasteiger partial charge is 0.353 e. The number of nitrogens with one attached hydrogen (secondary N) is 1. The first-order chi connectivity index (χ1) is 13.7. The molecular formula is C24H37Cl2N3O. The van der Waals surface area contributed by atoms with Crippen LogP contribution in [-0.2, 0) is 11.3 Å². The van der Waals surface area contributed by atoms with E-state index in [1.165, 1.54) is 37.7 Å². The monoisotopic (exact) mass is 453 g/mol. The summed E-state index contributed by atoms with van der Waals surface area (Å²) in [4.78, 5) is 15.7. The van der Waals surface area contributed by atoms with Crippen LogP contribution in [0.15, 0.2) is 30.3 Å². The highest BCUT2D eigenvalue weighted by Gasteiger charge is 2.43. The summed E-state index contributed by atoms with van der Waals surface area (Å²) in [6, 6.07) is 12.8. The summed E-state index contributed by atoms with van der Waals surface area (Å²) < 4.78 is 0. The van der Waals surface area contributed by atoms with Crippen LogP contribution >= 0.6 is 24.8 Å². The van der Waals surface area contributed by atoms with E-state index in [1.807, 2.05) is 0 Å². The Morgan fingerprint density at radius 3 is 2.13 bits per heavy atom. The highest BCUT2D eigenvalue weighted by Crippen LogP contribution is 2.42. The predicted molar refractivity (Wildman–Crippen MR) is 126 cm³/mol. The fraction of sp³-hybridized carbons (Fsp3) is 0.708. The lowest BCUT2D eigenvalue weighted by molar-refractivity contribution is -0.129. The van der Waals surface area contributed by atoms with Crippen LogP contribution in [0.2, 0.25) is 0 Å². The quantitative estimate of drug-likeness (QED) is 0.714. The van der Waals surface area contributed by atoms with Gasteiger partial charge >= 0.3 is 0 Å². The Labute approximate surface area is 193 Å². The van der Waals surface area contributed by atoms with E-state index < -0.39 is 0 Å². The molecule has 0 spiro atoms. The number of amides is 1. The average molecular weight is 454 g/mol. The van der Waals surface area contributed by atoms with Crippen molar-refractivity contribution in [2.24, 2.45) is 23.5 Å². The Balaban J connectivity index is 0.00000128. The van der Waals surface area contributed by atoms with Crippen molar-refractivity contribution in [2.45, 2.75) is 88.5 Å². The molecule has 2 saturated carbocycles. The molecule has 4 aliphatic rings. The molecule has 4 unspecified atom stereocenters. The van der Waals surface area contributed by atoms with Crippen LogP contribution in [0.4, 0.5) is 0 Å². The topological polar surface area (TPSA) is 58.4 Å². The van der Waals surface area contributed by atoms with E-state index >= 15 is 0 Å². The van der Waals surface area contributed by atoms with Crippen molar-refractivity contribution >= 4 is 30.7 Å². The van der Waals surface area contributed by atoms with Crippen LogP contribution in [0.3, 0.4) is 0 Å². The lowest BCUT2D eigenvalue weighted by Gasteiger charge is -2.44. The number of carbonyl (C=O) groups excluding carboxylic acids is 1. The molecule has 30 heavy (non-hydrogen) atoms. The molecule has 1 aromatic carbocycles. The molecule has 0 aromatic heterocycles. The summed E-state index contributed by atoms with van der Waals surface area (Å²) in [5.74, 6) is 1.68. The molecule has 2 saturated heterocycles. The smallest absolute Gasteiger partial charge is 0.223 e. The molecule has 4 bridgehead atoms. The summed E-state index contributed by atoms with van der Waals surface area (Å²) >= 11 is 0. The fourth-order valence-corrected chi connectivity index (χ4v) is 6.77. The number of fused-ring (bicyclic) bond motifs is 4. The van der Waals surface area contributed by atoms with Crippen LogP contribution in [0, 0.1) is 17.8 Å². The Bertz CT molecular complexity index is 675. The first kappa shape index (κ1) is 23.8. The maximum atomic E-state index is 13.0. The SMILES string of the molecule is Cl.Cl.NC1C2CCCC1CC(C(=O)NC1CC3CCC(C1)N3Cc1ccccc1)C2. The number of piperidine rings is 1. The van der Waals surface area contributed by atoms with Crippen molar-refractivity contribution in [1.29, 1.82) is 0 Å². The van der Waals surface area contributed by atoms with Crippen molar-refractivity contribution < 1.29 is 4.79 Å². The summed E-state index contributed by atoms with van der Waals surface area (Å²) in [5, 5.41) is 3.47. The van der Waals surface area contributed by atoms with Crippen LogP contribution in [0.25, 0.3) is 0 Å². The van der Waals surface area contributed by atoms with E-state index in [1.54, 1.807) is 0 Å². The predicted octanol–water partition coefficient (Wildman–Crippen LogP) is 4.30. The zero-order chi connectivity index (χ0) is 19.1. The van der Waals surface area contributed by atoms with E-state index in [2.05, 4.69) is 40.5 Å². The van der Waals surface area contributed by atoms with Gasteiger partial charge in [0, 0.05) is 36.6 Å². The molecule has 5 rings (SSSR count). The van der Waals surface area contributed by atoms with E-state index in [-0.39, 0.29) is 30.7 Å². The van der Waals surface area contributed by atoms with Crippen molar-refractivity contribution in [3.63, 3.8) is 0 Å². The molecule has 4 fully saturated rings. The van der Waals surface area contributed by atoms with Crippen LogP contribution in [-0.4, -0.2) is 35.0 Å². The number of halogens is 2. The van der Waals surface area contributed by atoms with Crippen molar-refractivity contribution in [3.8, 4) is 0 Å². The highest BCUT2D eigenvalue weighted by molar-refractivity contribution is 5.85. The van der Waals surface area contributed by atoms with Crippen molar-refractivity contribution in [2.75, 3.05) is 0 Å². The van der Waals surface area contributed by atoms with Gasteiger partial charge in [0.05, 0.1) is 0 Å². The second kappa shape index (κ2) is 10.2. The molecule has 2 aliphatic carbocycles. The molecule has 6 heteroatoms. The van der Waals surface area contributed by atoms with E-state index in [0.29, 0.717) is 41.9 Å². The molecule has 4 atom stereocenters. The third-order valence-electron chi connectivity index (χ3n) is 8.22. The second-order valence-electron chi connectivity index (χ2n) is 9.92.